The van der Waals surface area contributed by atoms with Crippen molar-refractivity contribution in [1.82, 2.24) is 0 Å². The first-order chi connectivity index (χ1) is 12.4. The summed E-state index contributed by atoms with van der Waals surface area (Å²) in [5.41, 5.74) is 5.48. The van der Waals surface area contributed by atoms with Gasteiger partial charge < -0.3 is 0 Å². The molecule has 2 aromatic rings. The van der Waals surface area contributed by atoms with Crippen LogP contribution < -0.4 is 0 Å². The Kier molecular flexibility index (Phi) is 5.02. The molecular formula is C22H25Cl2SiZr. The maximum atomic E-state index is 7.59. The van der Waals surface area contributed by atoms with Crippen molar-refractivity contribution in [2.24, 2.45) is 0 Å². The molecule has 2 atom stereocenters. The van der Waals surface area contributed by atoms with Gasteiger partial charge in [-0.05, 0) is 0 Å². The Morgan fingerprint density at radius 1 is 0.769 bits per heavy atom. The Balaban J connectivity index is 1.64. The molecule has 0 fully saturated rings. The average molecular weight is 480 g/mol. The van der Waals surface area contributed by atoms with Crippen LogP contribution in [-0.2, 0) is 15.6 Å². The molecule has 0 N–H and O–H groups in total. The van der Waals surface area contributed by atoms with Gasteiger partial charge in [-0.3, -0.25) is 0 Å². The van der Waals surface area contributed by atoms with Crippen molar-refractivity contribution in [3.05, 3.63) is 82.9 Å². The van der Waals surface area contributed by atoms with E-state index in [-0.39, 0.29) is 0 Å². The summed E-state index contributed by atoms with van der Waals surface area (Å²) >= 11 is -3.86. The van der Waals surface area contributed by atoms with Crippen LogP contribution in [0.25, 0.3) is 12.2 Å². The van der Waals surface area contributed by atoms with Gasteiger partial charge in [0.2, 0.25) is 0 Å². The molecule has 0 heterocycles. The van der Waals surface area contributed by atoms with Crippen LogP contribution >= 0.6 is 17.0 Å². The molecule has 2 aliphatic carbocycles. The van der Waals surface area contributed by atoms with E-state index in [4.69, 9.17) is 17.0 Å². The predicted octanol–water partition coefficient (Wildman–Crippen LogP) is 7.42. The van der Waals surface area contributed by atoms with Gasteiger partial charge in [0, 0.05) is 0 Å². The number of fused-ring (bicyclic) bond motifs is 2. The van der Waals surface area contributed by atoms with Crippen LogP contribution in [-0.4, -0.2) is 5.92 Å². The monoisotopic (exact) mass is 477 g/mol. The molecule has 4 heteroatoms. The van der Waals surface area contributed by atoms with Crippen LogP contribution in [0.5, 0.6) is 0 Å². The van der Waals surface area contributed by atoms with Gasteiger partial charge in [-0.2, -0.15) is 0 Å². The first-order valence-corrected chi connectivity index (χ1v) is 26.4. The van der Waals surface area contributed by atoms with Crippen molar-refractivity contribution >= 4 is 35.1 Å². The Morgan fingerprint density at radius 3 is 1.62 bits per heavy atom. The first kappa shape index (κ1) is 18.9. The van der Waals surface area contributed by atoms with Gasteiger partial charge in [-0.1, -0.05) is 0 Å². The van der Waals surface area contributed by atoms with E-state index in [2.05, 4.69) is 85.9 Å². The van der Waals surface area contributed by atoms with Gasteiger partial charge in [-0.15, -0.1) is 0 Å². The Morgan fingerprint density at radius 2 is 1.19 bits per heavy atom. The van der Waals surface area contributed by atoms with E-state index in [0.29, 0.717) is 11.8 Å². The Labute approximate surface area is 165 Å². The van der Waals surface area contributed by atoms with Crippen LogP contribution in [0.3, 0.4) is 0 Å². The molecule has 135 valence electrons. The van der Waals surface area contributed by atoms with Gasteiger partial charge in [0.05, 0.1) is 0 Å². The molecule has 0 bridgehead atoms. The zero-order valence-electron chi connectivity index (χ0n) is 15.3. The normalized spacial score (nSPS) is 22.3. The molecule has 2 aromatic carbocycles. The van der Waals surface area contributed by atoms with Crippen molar-refractivity contribution in [1.29, 1.82) is 0 Å². The molecule has 0 saturated carbocycles. The zero-order valence-corrected chi connectivity index (χ0v) is 20.5. The van der Waals surface area contributed by atoms with E-state index >= 15 is 0 Å². The molecule has 0 saturated heterocycles. The summed E-state index contributed by atoms with van der Waals surface area (Å²) < 4.78 is 1.99. The van der Waals surface area contributed by atoms with Gasteiger partial charge in [0.1, 0.15) is 0 Å². The molecule has 2 unspecified atom stereocenters. The standard InChI is InChI=1S/2C10H9.C2H7Si.2ClH.Zr/c2*1-8-6-7-9-4-2-3-5-10(8)9;1-3-2;;;/h2*2-8H,1H2;3H,1-2H3;2*1H;/q;;;;;+2/p-2. The fraction of sp³-hybridized carbons (Fsp3) is 0.273. The van der Waals surface area contributed by atoms with E-state index in [1.54, 1.807) is 0 Å². The van der Waals surface area contributed by atoms with Crippen LogP contribution in [0.1, 0.15) is 34.1 Å². The molecule has 0 radical (unpaired) electrons. The number of benzene rings is 2. The van der Waals surface area contributed by atoms with Crippen molar-refractivity contribution < 1.29 is 15.6 Å². The number of halogens is 2. The summed E-state index contributed by atoms with van der Waals surface area (Å²) in [7, 11) is 15.2. The van der Waals surface area contributed by atoms with Gasteiger partial charge in [0.25, 0.3) is 0 Å². The topological polar surface area (TPSA) is 0 Å². The second kappa shape index (κ2) is 6.89. The second-order valence-corrected chi connectivity index (χ2v) is 53.2. The van der Waals surface area contributed by atoms with Crippen LogP contribution in [0, 0.1) is 0 Å². The fourth-order valence-corrected chi connectivity index (χ4v) is 25.9. The number of hydrogen-bond acceptors (Lipinski definition) is 0. The zero-order chi connectivity index (χ0) is 18.4. The van der Waals surface area contributed by atoms with Crippen molar-refractivity contribution in [2.75, 3.05) is 0 Å². The third kappa shape index (κ3) is 3.39. The molecule has 26 heavy (non-hydrogen) atoms. The van der Waals surface area contributed by atoms with E-state index in [1.807, 2.05) is 0 Å². The molecule has 4 rings (SSSR count). The quantitative estimate of drug-likeness (QED) is 0.391. The minimum absolute atomic E-state index is 0.391. The van der Waals surface area contributed by atoms with Crippen LogP contribution in [0.15, 0.2) is 60.7 Å². The van der Waals surface area contributed by atoms with Crippen LogP contribution in [0.2, 0.25) is 21.4 Å². The summed E-state index contributed by atoms with van der Waals surface area (Å²) in [6.07, 6.45) is 9.15. The summed E-state index contributed by atoms with van der Waals surface area (Å²) in [6.45, 7) is 4.75. The van der Waals surface area contributed by atoms with Gasteiger partial charge >= 0.3 is 167 Å². The third-order valence-corrected chi connectivity index (χ3v) is 55.5. The van der Waals surface area contributed by atoms with Crippen molar-refractivity contribution in [3.63, 3.8) is 0 Å². The van der Waals surface area contributed by atoms with Gasteiger partial charge in [-0.25, -0.2) is 0 Å². The van der Waals surface area contributed by atoms with Gasteiger partial charge in [0.15, 0.2) is 0 Å². The fourth-order valence-electron chi connectivity index (χ4n) is 4.46. The predicted molar refractivity (Wildman–Crippen MR) is 117 cm³/mol. The van der Waals surface area contributed by atoms with E-state index in [0.717, 1.165) is 8.26 Å². The summed E-state index contributed by atoms with van der Waals surface area (Å²) in [4.78, 5) is 0. The molecular weight excluding hydrogens is 454 g/mol. The van der Waals surface area contributed by atoms with Crippen molar-refractivity contribution in [3.8, 4) is 0 Å². The molecule has 0 spiro atoms. The van der Waals surface area contributed by atoms with Crippen molar-refractivity contribution in [2.45, 2.75) is 33.2 Å². The molecule has 0 aliphatic heterocycles. The minimum atomic E-state index is -3.86. The first-order valence-electron chi connectivity index (χ1n) is 9.49. The molecule has 2 aliphatic rings. The van der Waals surface area contributed by atoms with Crippen LogP contribution in [0.4, 0.5) is 0 Å². The Hall–Kier alpha value is -0.400. The summed E-state index contributed by atoms with van der Waals surface area (Å²) in [5, 5.41) is 0. The maximum absolute atomic E-state index is 7.59. The van der Waals surface area contributed by atoms with E-state index in [1.165, 1.54) is 22.3 Å². The third-order valence-electron chi connectivity index (χ3n) is 6.33. The molecule has 0 nitrogen and oxygen atoms in total. The summed E-state index contributed by atoms with van der Waals surface area (Å²) in [6, 6.07) is 17.4. The molecule has 0 aromatic heterocycles. The summed E-state index contributed by atoms with van der Waals surface area (Å²) in [5.74, 6) is -0.401. The Bertz CT molecular complexity index is 833. The number of allylic oxidation sites excluding steroid dienone is 2. The molecule has 0 amide bonds. The average Bonchev–Trinajstić information content (AvgIpc) is 3.20. The van der Waals surface area contributed by atoms with E-state index < -0.39 is 21.5 Å². The van der Waals surface area contributed by atoms with E-state index in [9.17, 15) is 0 Å². The SMILES string of the molecule is C[SiH](C)[Zr]([Cl])([Cl])([CH2]C1C=Cc2ccccc21)[CH2]C1C=Cc2ccccc21. The number of rotatable bonds is 5. The second-order valence-electron chi connectivity index (χ2n) is 8.23. The number of hydrogen-bond donors (Lipinski definition) is 0.